The van der Waals surface area contributed by atoms with Gasteiger partial charge in [0.1, 0.15) is 0 Å². The van der Waals surface area contributed by atoms with Crippen molar-refractivity contribution in [2.45, 2.75) is 59.8 Å². The number of carbonyl (C=O) groups is 4. The number of rotatable bonds is 12. The Kier molecular flexibility index (Phi) is 9.31. The lowest BCUT2D eigenvalue weighted by molar-refractivity contribution is -0.128. The van der Waals surface area contributed by atoms with Gasteiger partial charge in [0.2, 0.25) is 23.6 Å². The Balaban J connectivity index is 5.40. The highest BCUT2D eigenvalue weighted by Gasteiger charge is 2.36. The van der Waals surface area contributed by atoms with Gasteiger partial charge in [0.25, 0.3) is 0 Å². The van der Waals surface area contributed by atoms with Crippen molar-refractivity contribution in [2.24, 2.45) is 52.0 Å². The van der Waals surface area contributed by atoms with E-state index in [9.17, 15) is 19.2 Å². The van der Waals surface area contributed by atoms with Crippen LogP contribution in [0.4, 0.5) is 0 Å². The van der Waals surface area contributed by atoms with Crippen molar-refractivity contribution < 1.29 is 19.2 Å². The van der Waals surface area contributed by atoms with E-state index in [0.717, 1.165) is 6.42 Å². The predicted octanol–water partition coefficient (Wildman–Crippen LogP) is 0.409. The van der Waals surface area contributed by atoms with Crippen molar-refractivity contribution in [1.29, 1.82) is 0 Å². The van der Waals surface area contributed by atoms with E-state index in [-0.39, 0.29) is 19.3 Å². The van der Waals surface area contributed by atoms with Crippen LogP contribution < -0.4 is 22.9 Å². The third kappa shape index (κ3) is 7.84. The fourth-order valence-electron chi connectivity index (χ4n) is 3.25. The SMILES string of the molecule is CCCC(CC(CC(CC(C(N)=O)C(C)(C)C)C(N)=O)C(N)=O)C(N)=O. The zero-order chi connectivity index (χ0) is 20.7. The molecule has 0 fully saturated rings. The minimum absolute atomic E-state index is 0.0675. The average Bonchev–Trinajstić information content (AvgIpc) is 2.46. The molecular weight excluding hydrogens is 336 g/mol. The standard InChI is InChI=1S/C18H34N4O4/c1-5-6-10(14(19)23)7-11(15(20)24)8-12(16(21)25)9-13(17(22)26)18(2,3)4/h10-13H,5-9H2,1-4H3,(H2,19,23)(H2,20,24)(H2,21,25)(H2,22,26). The fourth-order valence-corrected chi connectivity index (χ4v) is 3.25. The molecule has 0 aromatic rings. The molecule has 0 aliphatic carbocycles. The van der Waals surface area contributed by atoms with Gasteiger partial charge < -0.3 is 22.9 Å². The maximum absolute atomic E-state index is 11.9. The Labute approximate surface area is 155 Å². The third-order valence-corrected chi connectivity index (χ3v) is 4.89. The number of hydrogen-bond donors (Lipinski definition) is 4. The van der Waals surface area contributed by atoms with Crippen molar-refractivity contribution in [3.05, 3.63) is 0 Å². The van der Waals surface area contributed by atoms with Crippen LogP contribution in [0.5, 0.6) is 0 Å². The second-order valence-electron chi connectivity index (χ2n) is 8.11. The summed E-state index contributed by atoms with van der Waals surface area (Å²) in [7, 11) is 0. The summed E-state index contributed by atoms with van der Waals surface area (Å²) >= 11 is 0. The van der Waals surface area contributed by atoms with Crippen molar-refractivity contribution in [1.82, 2.24) is 0 Å². The van der Waals surface area contributed by atoms with E-state index >= 15 is 0 Å². The van der Waals surface area contributed by atoms with Crippen LogP contribution >= 0.6 is 0 Å². The summed E-state index contributed by atoms with van der Waals surface area (Å²) in [6.45, 7) is 7.44. The van der Waals surface area contributed by atoms with Crippen molar-refractivity contribution >= 4 is 23.6 Å². The van der Waals surface area contributed by atoms with E-state index in [4.69, 9.17) is 22.9 Å². The first-order chi connectivity index (χ1) is 11.8. The van der Waals surface area contributed by atoms with Gasteiger partial charge in [-0.1, -0.05) is 34.1 Å². The van der Waals surface area contributed by atoms with Gasteiger partial charge in [-0.25, -0.2) is 0 Å². The molecule has 0 aromatic heterocycles. The van der Waals surface area contributed by atoms with E-state index in [2.05, 4.69) is 0 Å². The summed E-state index contributed by atoms with van der Waals surface area (Å²) in [6.07, 6.45) is 1.63. The minimum atomic E-state index is -0.751. The predicted molar refractivity (Wildman–Crippen MR) is 99.0 cm³/mol. The second kappa shape index (κ2) is 10.1. The maximum Gasteiger partial charge on any atom is 0.221 e. The molecule has 0 aliphatic rings. The zero-order valence-corrected chi connectivity index (χ0v) is 16.3. The molecule has 150 valence electrons. The molecule has 8 N–H and O–H groups in total. The lowest BCUT2D eigenvalue weighted by Crippen LogP contribution is -2.40. The van der Waals surface area contributed by atoms with Crippen LogP contribution in [0.1, 0.15) is 59.8 Å². The van der Waals surface area contributed by atoms with E-state index in [1.54, 1.807) is 0 Å². The van der Waals surface area contributed by atoms with E-state index in [1.807, 2.05) is 27.7 Å². The maximum atomic E-state index is 11.9. The molecule has 8 heteroatoms. The molecule has 4 atom stereocenters. The lowest BCUT2D eigenvalue weighted by atomic mass is 9.73. The van der Waals surface area contributed by atoms with Crippen molar-refractivity contribution in [2.75, 3.05) is 0 Å². The largest absolute Gasteiger partial charge is 0.369 e. The van der Waals surface area contributed by atoms with Gasteiger partial charge in [-0.2, -0.15) is 0 Å². The number of carbonyl (C=O) groups excluding carboxylic acids is 4. The van der Waals surface area contributed by atoms with Crippen LogP contribution in [0.2, 0.25) is 0 Å². The molecule has 0 aromatic carbocycles. The van der Waals surface area contributed by atoms with Crippen molar-refractivity contribution in [3.8, 4) is 0 Å². The fraction of sp³-hybridized carbons (Fsp3) is 0.778. The molecule has 4 amide bonds. The van der Waals surface area contributed by atoms with E-state index in [1.165, 1.54) is 0 Å². The van der Waals surface area contributed by atoms with Gasteiger partial charge in [-0.05, 0) is 31.1 Å². The van der Waals surface area contributed by atoms with Crippen LogP contribution in [0.3, 0.4) is 0 Å². The molecule has 8 nitrogen and oxygen atoms in total. The Morgan fingerprint density at radius 3 is 1.38 bits per heavy atom. The first-order valence-corrected chi connectivity index (χ1v) is 8.98. The van der Waals surface area contributed by atoms with Gasteiger partial charge in [0.15, 0.2) is 0 Å². The molecule has 0 saturated heterocycles. The summed E-state index contributed by atoms with van der Waals surface area (Å²) < 4.78 is 0. The molecule has 0 rings (SSSR count). The number of primary amides is 4. The molecule has 0 bridgehead atoms. The highest BCUT2D eigenvalue weighted by molar-refractivity contribution is 5.83. The summed E-state index contributed by atoms with van der Waals surface area (Å²) in [4.78, 5) is 47.2. The van der Waals surface area contributed by atoms with E-state index < -0.39 is 52.7 Å². The molecule has 0 spiro atoms. The average molecular weight is 370 g/mol. The Morgan fingerprint density at radius 1 is 0.692 bits per heavy atom. The summed E-state index contributed by atoms with van der Waals surface area (Å²) in [6, 6.07) is 0. The van der Waals surface area contributed by atoms with Gasteiger partial charge in [-0.15, -0.1) is 0 Å². The number of hydrogen-bond acceptors (Lipinski definition) is 4. The van der Waals surface area contributed by atoms with Gasteiger partial charge in [0.05, 0.1) is 0 Å². The smallest absolute Gasteiger partial charge is 0.221 e. The lowest BCUT2D eigenvalue weighted by Gasteiger charge is -2.31. The first-order valence-electron chi connectivity index (χ1n) is 8.98. The van der Waals surface area contributed by atoms with Gasteiger partial charge in [0, 0.05) is 23.7 Å². The van der Waals surface area contributed by atoms with Crippen LogP contribution in [0.15, 0.2) is 0 Å². The summed E-state index contributed by atoms with van der Waals surface area (Å²) in [5.41, 5.74) is 21.4. The van der Waals surface area contributed by atoms with Crippen LogP contribution in [-0.4, -0.2) is 23.6 Å². The monoisotopic (exact) mass is 370 g/mol. The zero-order valence-electron chi connectivity index (χ0n) is 16.3. The number of amides is 4. The van der Waals surface area contributed by atoms with Crippen molar-refractivity contribution in [3.63, 3.8) is 0 Å². The Morgan fingerprint density at radius 2 is 1.08 bits per heavy atom. The van der Waals surface area contributed by atoms with Gasteiger partial charge in [-0.3, -0.25) is 19.2 Å². The number of nitrogens with two attached hydrogens (primary N) is 4. The minimum Gasteiger partial charge on any atom is -0.369 e. The quantitative estimate of drug-likeness (QED) is 0.390. The highest BCUT2D eigenvalue weighted by Crippen LogP contribution is 2.34. The molecular formula is C18H34N4O4. The summed E-state index contributed by atoms with van der Waals surface area (Å²) in [5, 5.41) is 0. The van der Waals surface area contributed by atoms with Crippen LogP contribution in [-0.2, 0) is 19.2 Å². The molecule has 0 radical (unpaired) electrons. The Hall–Kier alpha value is -2.12. The van der Waals surface area contributed by atoms with Gasteiger partial charge >= 0.3 is 0 Å². The highest BCUT2D eigenvalue weighted by atomic mass is 16.2. The summed E-state index contributed by atoms with van der Waals surface area (Å²) in [5.74, 6) is -4.84. The first kappa shape index (κ1) is 23.9. The molecule has 4 unspecified atom stereocenters. The molecule has 0 saturated carbocycles. The van der Waals surface area contributed by atoms with Crippen LogP contribution in [0, 0.1) is 29.1 Å². The topological polar surface area (TPSA) is 172 Å². The second-order valence-corrected chi connectivity index (χ2v) is 8.11. The molecule has 0 heterocycles. The van der Waals surface area contributed by atoms with Crippen LogP contribution in [0.25, 0.3) is 0 Å². The molecule has 0 aliphatic heterocycles. The third-order valence-electron chi connectivity index (χ3n) is 4.89. The molecule has 26 heavy (non-hydrogen) atoms. The normalized spacial score (nSPS) is 16.3. The Bertz CT molecular complexity index is 528. The van der Waals surface area contributed by atoms with E-state index in [0.29, 0.717) is 6.42 Å².